The monoisotopic (exact) mass is 250 g/mol. The van der Waals surface area contributed by atoms with Gasteiger partial charge in [-0.2, -0.15) is 0 Å². The van der Waals surface area contributed by atoms with Gasteiger partial charge < -0.3 is 16.2 Å². The first kappa shape index (κ1) is 14.3. The molecule has 0 aliphatic carbocycles. The second-order valence-electron chi connectivity index (χ2n) is 3.97. The summed E-state index contributed by atoms with van der Waals surface area (Å²) in [7, 11) is 1.31. The first-order valence-corrected chi connectivity index (χ1v) is 5.78. The molecule has 1 aromatic rings. The molecule has 0 heterocycles. The Kier molecular flexibility index (Phi) is 5.48. The maximum Gasteiger partial charge on any atom is 0.337 e. The van der Waals surface area contributed by atoms with Crippen LogP contribution in [0.4, 0.5) is 0 Å². The molecule has 0 amide bonds. The zero-order valence-electron chi connectivity index (χ0n) is 10.4. The number of hydrogen-bond donors (Lipinski definition) is 2. The van der Waals surface area contributed by atoms with Crippen LogP contribution in [0.15, 0.2) is 24.3 Å². The van der Waals surface area contributed by atoms with E-state index >= 15 is 0 Å². The summed E-state index contributed by atoms with van der Waals surface area (Å²) in [5.41, 5.74) is 12.0. The number of nitrogens with two attached hydrogens (primary N) is 2. The first-order valence-electron chi connectivity index (χ1n) is 5.78. The lowest BCUT2D eigenvalue weighted by molar-refractivity contribution is 0.0600. The molecule has 1 atom stereocenters. The highest BCUT2D eigenvalue weighted by atomic mass is 16.5. The van der Waals surface area contributed by atoms with E-state index in [4.69, 9.17) is 11.5 Å². The van der Waals surface area contributed by atoms with Crippen LogP contribution in [-0.4, -0.2) is 31.4 Å². The highest BCUT2D eigenvalue weighted by molar-refractivity contribution is 6.00. The summed E-state index contributed by atoms with van der Waals surface area (Å²) in [6.45, 7) is 0.516. The van der Waals surface area contributed by atoms with Crippen molar-refractivity contribution in [3.63, 3.8) is 0 Å². The van der Waals surface area contributed by atoms with Gasteiger partial charge in [-0.3, -0.25) is 4.79 Å². The normalized spacial score (nSPS) is 11.9. The van der Waals surface area contributed by atoms with Crippen molar-refractivity contribution in [2.24, 2.45) is 11.5 Å². The Morgan fingerprint density at radius 1 is 1.22 bits per heavy atom. The van der Waals surface area contributed by atoms with Crippen LogP contribution in [-0.2, 0) is 4.74 Å². The van der Waals surface area contributed by atoms with Crippen molar-refractivity contribution in [2.75, 3.05) is 13.7 Å². The van der Waals surface area contributed by atoms with Crippen molar-refractivity contribution in [1.29, 1.82) is 0 Å². The van der Waals surface area contributed by atoms with Gasteiger partial charge in [0.15, 0.2) is 5.78 Å². The molecule has 18 heavy (non-hydrogen) atoms. The van der Waals surface area contributed by atoms with Crippen molar-refractivity contribution in [3.8, 4) is 0 Å². The van der Waals surface area contributed by atoms with E-state index in [1.165, 1.54) is 7.11 Å². The van der Waals surface area contributed by atoms with Crippen LogP contribution in [0.1, 0.15) is 33.6 Å². The molecular formula is C13H18N2O3. The molecule has 5 nitrogen and oxygen atoms in total. The third-order valence-electron chi connectivity index (χ3n) is 2.65. The zero-order chi connectivity index (χ0) is 13.5. The summed E-state index contributed by atoms with van der Waals surface area (Å²) in [5.74, 6) is -0.568. The number of rotatable bonds is 6. The molecule has 0 saturated heterocycles. The minimum Gasteiger partial charge on any atom is -0.465 e. The average molecular weight is 250 g/mol. The predicted octanol–water partition coefficient (Wildman–Crippen LogP) is 0.722. The van der Waals surface area contributed by atoms with E-state index in [1.807, 2.05) is 0 Å². The molecule has 1 unspecified atom stereocenters. The second-order valence-corrected chi connectivity index (χ2v) is 3.97. The van der Waals surface area contributed by atoms with Crippen LogP contribution >= 0.6 is 0 Å². The van der Waals surface area contributed by atoms with Gasteiger partial charge in [0.25, 0.3) is 0 Å². The summed E-state index contributed by atoms with van der Waals surface area (Å²) in [5, 5.41) is 0. The van der Waals surface area contributed by atoms with Gasteiger partial charge in [-0.05, 0) is 31.5 Å². The van der Waals surface area contributed by atoms with Crippen molar-refractivity contribution < 1.29 is 14.3 Å². The van der Waals surface area contributed by atoms with E-state index in [2.05, 4.69) is 4.74 Å². The number of benzene rings is 1. The molecule has 1 aromatic carbocycles. The third kappa shape index (κ3) is 3.65. The summed E-state index contributed by atoms with van der Waals surface area (Å²) in [6.07, 6.45) is 1.28. The Balaban J connectivity index is 2.72. The van der Waals surface area contributed by atoms with Crippen LogP contribution < -0.4 is 11.5 Å². The number of ether oxygens (including phenoxy) is 1. The number of Topliss-reactive ketones (excluding diaryl/α,β-unsaturated/α-hetero) is 1. The number of ketones is 1. The first-order chi connectivity index (χ1) is 8.60. The highest BCUT2D eigenvalue weighted by Crippen LogP contribution is 2.09. The van der Waals surface area contributed by atoms with Gasteiger partial charge in [0, 0.05) is 5.56 Å². The zero-order valence-corrected chi connectivity index (χ0v) is 10.4. The van der Waals surface area contributed by atoms with E-state index in [-0.39, 0.29) is 5.78 Å². The summed E-state index contributed by atoms with van der Waals surface area (Å²) in [4.78, 5) is 23.1. The number of methoxy groups -OCH3 is 1. The van der Waals surface area contributed by atoms with Crippen molar-refractivity contribution in [3.05, 3.63) is 35.4 Å². The lowest BCUT2D eigenvalue weighted by Crippen LogP contribution is -2.31. The van der Waals surface area contributed by atoms with E-state index in [1.54, 1.807) is 24.3 Å². The molecule has 0 aliphatic heterocycles. The average Bonchev–Trinajstić information content (AvgIpc) is 2.43. The van der Waals surface area contributed by atoms with E-state index in [0.29, 0.717) is 30.5 Å². The largest absolute Gasteiger partial charge is 0.465 e. The van der Waals surface area contributed by atoms with Gasteiger partial charge >= 0.3 is 5.97 Å². The smallest absolute Gasteiger partial charge is 0.337 e. The molecule has 0 bridgehead atoms. The molecule has 98 valence electrons. The molecule has 1 rings (SSSR count). The lowest BCUT2D eigenvalue weighted by Gasteiger charge is -2.10. The van der Waals surface area contributed by atoms with Gasteiger partial charge in [-0.1, -0.05) is 12.1 Å². The number of esters is 1. The highest BCUT2D eigenvalue weighted by Gasteiger charge is 2.15. The van der Waals surface area contributed by atoms with E-state index < -0.39 is 12.0 Å². The number of carbonyl (C=O) groups is 2. The number of carbonyl (C=O) groups excluding carboxylic acids is 2. The van der Waals surface area contributed by atoms with Crippen LogP contribution in [0, 0.1) is 0 Å². The van der Waals surface area contributed by atoms with Gasteiger partial charge in [-0.25, -0.2) is 4.79 Å². The maximum atomic E-state index is 11.9. The molecule has 5 heteroatoms. The van der Waals surface area contributed by atoms with Crippen LogP contribution in [0.25, 0.3) is 0 Å². The van der Waals surface area contributed by atoms with Gasteiger partial charge in [0.1, 0.15) is 0 Å². The van der Waals surface area contributed by atoms with E-state index in [0.717, 1.165) is 0 Å². The molecular weight excluding hydrogens is 232 g/mol. The number of hydrogen-bond acceptors (Lipinski definition) is 5. The molecule has 4 N–H and O–H groups in total. The Morgan fingerprint density at radius 3 is 2.28 bits per heavy atom. The van der Waals surface area contributed by atoms with Gasteiger partial charge in [-0.15, -0.1) is 0 Å². The molecule has 0 saturated carbocycles. The minimum absolute atomic E-state index is 0.139. The van der Waals surface area contributed by atoms with Crippen molar-refractivity contribution in [2.45, 2.75) is 18.9 Å². The Hall–Kier alpha value is -1.72. The Bertz CT molecular complexity index is 415. The lowest BCUT2D eigenvalue weighted by atomic mass is 10.00. The molecule has 0 aromatic heterocycles. The van der Waals surface area contributed by atoms with Crippen LogP contribution in [0.3, 0.4) is 0 Å². The Morgan fingerprint density at radius 2 is 1.78 bits per heavy atom. The fourth-order valence-corrected chi connectivity index (χ4v) is 1.57. The summed E-state index contributed by atoms with van der Waals surface area (Å²) < 4.78 is 4.57. The summed E-state index contributed by atoms with van der Waals surface area (Å²) in [6, 6.07) is 5.72. The summed E-state index contributed by atoms with van der Waals surface area (Å²) >= 11 is 0. The standard InChI is InChI=1S/C13H18N2O3/c1-18-13(17)10-6-4-9(5-7-10)12(16)11(15)3-2-8-14/h4-7,11H,2-3,8,14-15H2,1H3. The molecule has 0 aliphatic rings. The quantitative estimate of drug-likeness (QED) is 0.573. The van der Waals surface area contributed by atoms with E-state index in [9.17, 15) is 9.59 Å². The molecule has 0 spiro atoms. The topological polar surface area (TPSA) is 95.4 Å². The second kappa shape index (κ2) is 6.88. The van der Waals surface area contributed by atoms with Crippen LogP contribution in [0.5, 0.6) is 0 Å². The molecule has 0 radical (unpaired) electrons. The SMILES string of the molecule is COC(=O)c1ccc(C(=O)C(N)CCCN)cc1. The fraction of sp³-hybridized carbons (Fsp3) is 0.385. The third-order valence-corrected chi connectivity index (χ3v) is 2.65. The fourth-order valence-electron chi connectivity index (χ4n) is 1.57. The van der Waals surface area contributed by atoms with Gasteiger partial charge in [0.05, 0.1) is 18.7 Å². The van der Waals surface area contributed by atoms with Crippen molar-refractivity contribution in [1.82, 2.24) is 0 Å². The predicted molar refractivity (Wildman–Crippen MR) is 68.4 cm³/mol. The van der Waals surface area contributed by atoms with Crippen LogP contribution in [0.2, 0.25) is 0 Å². The minimum atomic E-state index is -0.544. The van der Waals surface area contributed by atoms with Gasteiger partial charge in [0.2, 0.25) is 0 Å². The Labute approximate surface area is 106 Å². The maximum absolute atomic E-state index is 11.9. The molecule has 0 fully saturated rings. The van der Waals surface area contributed by atoms with Crippen molar-refractivity contribution >= 4 is 11.8 Å².